The van der Waals surface area contributed by atoms with Crippen molar-refractivity contribution in [2.24, 2.45) is 0 Å². The number of amides is 1. The van der Waals surface area contributed by atoms with Gasteiger partial charge in [0.2, 0.25) is 5.76 Å². The van der Waals surface area contributed by atoms with Crippen LogP contribution in [0, 0.1) is 5.82 Å². The summed E-state index contributed by atoms with van der Waals surface area (Å²) in [6, 6.07) is 8.01. The molecule has 24 heavy (non-hydrogen) atoms. The van der Waals surface area contributed by atoms with Crippen LogP contribution >= 0.6 is 0 Å². The third-order valence-electron chi connectivity index (χ3n) is 2.76. The van der Waals surface area contributed by atoms with Crippen LogP contribution in [0.3, 0.4) is 0 Å². The smallest absolute Gasteiger partial charge is 0.405 e. The van der Waals surface area contributed by atoms with Crippen molar-refractivity contribution >= 4 is 11.9 Å². The van der Waals surface area contributed by atoms with Crippen molar-refractivity contribution < 1.29 is 36.3 Å². The molecule has 128 valence electrons. The SMILES string of the molecule is O=C(COC(=O)c1ccc(-c2ccc(F)cc2)o1)NCC(F)(F)F. The Morgan fingerprint density at radius 2 is 1.75 bits per heavy atom. The van der Waals surface area contributed by atoms with E-state index in [1.54, 1.807) is 5.32 Å². The van der Waals surface area contributed by atoms with Crippen LogP contribution in [-0.2, 0) is 9.53 Å². The van der Waals surface area contributed by atoms with Gasteiger partial charge in [0.15, 0.2) is 6.61 Å². The van der Waals surface area contributed by atoms with Gasteiger partial charge < -0.3 is 14.5 Å². The molecule has 9 heteroatoms. The maximum Gasteiger partial charge on any atom is 0.405 e. The highest BCUT2D eigenvalue weighted by Gasteiger charge is 2.28. The number of ether oxygens (including phenoxy) is 1. The molecule has 1 aromatic heterocycles. The highest BCUT2D eigenvalue weighted by atomic mass is 19.4. The van der Waals surface area contributed by atoms with E-state index in [1.165, 1.54) is 36.4 Å². The minimum absolute atomic E-state index is 0.238. The molecule has 0 radical (unpaired) electrons. The quantitative estimate of drug-likeness (QED) is 0.668. The Morgan fingerprint density at radius 3 is 2.38 bits per heavy atom. The van der Waals surface area contributed by atoms with Crippen molar-refractivity contribution in [3.63, 3.8) is 0 Å². The molecular formula is C15H11F4NO4. The number of furan rings is 1. The van der Waals surface area contributed by atoms with Crippen molar-refractivity contribution in [2.45, 2.75) is 6.18 Å². The highest BCUT2D eigenvalue weighted by Crippen LogP contribution is 2.22. The molecular weight excluding hydrogens is 334 g/mol. The summed E-state index contributed by atoms with van der Waals surface area (Å²) in [5.41, 5.74) is 0.512. The molecule has 1 N–H and O–H groups in total. The van der Waals surface area contributed by atoms with Gasteiger partial charge in [-0.2, -0.15) is 13.2 Å². The third-order valence-corrected chi connectivity index (χ3v) is 2.76. The van der Waals surface area contributed by atoms with E-state index in [1.807, 2.05) is 0 Å². The number of halogens is 4. The van der Waals surface area contributed by atoms with Gasteiger partial charge in [0.25, 0.3) is 5.91 Å². The van der Waals surface area contributed by atoms with Crippen molar-refractivity contribution in [1.82, 2.24) is 5.32 Å². The summed E-state index contributed by atoms with van der Waals surface area (Å²) in [4.78, 5) is 22.8. The van der Waals surface area contributed by atoms with Crippen molar-refractivity contribution in [1.29, 1.82) is 0 Å². The molecule has 0 aliphatic rings. The Balaban J connectivity index is 1.89. The van der Waals surface area contributed by atoms with E-state index in [0.29, 0.717) is 5.56 Å². The summed E-state index contributed by atoms with van der Waals surface area (Å²) in [5, 5.41) is 1.56. The first-order valence-corrected chi connectivity index (χ1v) is 6.61. The number of nitrogens with one attached hydrogen (secondary N) is 1. The molecule has 0 saturated heterocycles. The van der Waals surface area contributed by atoms with Gasteiger partial charge in [-0.05, 0) is 36.4 Å². The summed E-state index contributed by atoms with van der Waals surface area (Å²) < 4.78 is 58.3. The first-order valence-electron chi connectivity index (χ1n) is 6.61. The molecule has 5 nitrogen and oxygen atoms in total. The molecule has 1 amide bonds. The maximum atomic E-state index is 12.8. The average Bonchev–Trinajstić information content (AvgIpc) is 3.00. The Morgan fingerprint density at radius 1 is 1.08 bits per heavy atom. The van der Waals surface area contributed by atoms with Gasteiger partial charge in [-0.25, -0.2) is 9.18 Å². The van der Waals surface area contributed by atoms with Crippen molar-refractivity contribution in [3.05, 3.63) is 48.0 Å². The van der Waals surface area contributed by atoms with Crippen LogP contribution in [0.5, 0.6) is 0 Å². The molecule has 2 rings (SSSR count). The third kappa shape index (κ3) is 5.11. The molecule has 0 fully saturated rings. The van der Waals surface area contributed by atoms with E-state index in [0.717, 1.165) is 0 Å². The van der Waals surface area contributed by atoms with E-state index < -0.39 is 37.0 Å². The summed E-state index contributed by atoms with van der Waals surface area (Å²) >= 11 is 0. The number of carbonyl (C=O) groups excluding carboxylic acids is 2. The molecule has 0 saturated carbocycles. The molecule has 0 atom stereocenters. The predicted octanol–water partition coefficient (Wildman–Crippen LogP) is 2.92. The fourth-order valence-corrected chi connectivity index (χ4v) is 1.67. The number of carbonyl (C=O) groups is 2. The number of alkyl halides is 3. The lowest BCUT2D eigenvalue weighted by atomic mass is 10.2. The van der Waals surface area contributed by atoms with E-state index in [-0.39, 0.29) is 11.5 Å². The molecule has 1 heterocycles. The first-order chi connectivity index (χ1) is 11.2. The second-order valence-corrected chi connectivity index (χ2v) is 4.64. The van der Waals surface area contributed by atoms with E-state index in [2.05, 4.69) is 4.74 Å². The first kappa shape index (κ1) is 17.5. The van der Waals surface area contributed by atoms with Gasteiger partial charge in [0, 0.05) is 5.56 Å². The van der Waals surface area contributed by atoms with Crippen LogP contribution in [-0.4, -0.2) is 31.2 Å². The lowest BCUT2D eigenvalue weighted by molar-refractivity contribution is -0.140. The second-order valence-electron chi connectivity index (χ2n) is 4.64. The van der Waals surface area contributed by atoms with Crippen molar-refractivity contribution in [3.8, 4) is 11.3 Å². The Kier molecular flexibility index (Phi) is 5.22. The molecule has 0 unspecified atom stereocenters. The van der Waals surface area contributed by atoms with Crippen LogP contribution in [0.1, 0.15) is 10.6 Å². The summed E-state index contributed by atoms with van der Waals surface area (Å²) in [7, 11) is 0. The Bertz CT molecular complexity index is 722. The molecule has 0 aliphatic carbocycles. The normalized spacial score (nSPS) is 11.2. The van der Waals surface area contributed by atoms with Gasteiger partial charge in [0.05, 0.1) is 0 Å². The number of rotatable bonds is 5. The fraction of sp³-hybridized carbons (Fsp3) is 0.200. The van der Waals surface area contributed by atoms with Gasteiger partial charge in [-0.1, -0.05) is 0 Å². The minimum Gasteiger partial charge on any atom is -0.450 e. The Labute approximate surface area is 133 Å². The Hall–Kier alpha value is -2.84. The zero-order valence-electron chi connectivity index (χ0n) is 12.0. The maximum absolute atomic E-state index is 12.8. The van der Waals surface area contributed by atoms with Crippen LogP contribution < -0.4 is 5.32 Å². The largest absolute Gasteiger partial charge is 0.450 e. The lowest BCUT2D eigenvalue weighted by Gasteiger charge is -2.08. The van der Waals surface area contributed by atoms with Gasteiger partial charge in [-0.15, -0.1) is 0 Å². The van der Waals surface area contributed by atoms with E-state index in [4.69, 9.17) is 4.42 Å². The van der Waals surface area contributed by atoms with Gasteiger partial charge in [0.1, 0.15) is 18.1 Å². The molecule has 0 aliphatic heterocycles. The summed E-state index contributed by atoms with van der Waals surface area (Å²) in [6.07, 6.45) is -4.55. The topological polar surface area (TPSA) is 68.5 Å². The zero-order valence-corrected chi connectivity index (χ0v) is 12.0. The number of hydrogen-bond donors (Lipinski definition) is 1. The van der Waals surface area contributed by atoms with E-state index >= 15 is 0 Å². The van der Waals surface area contributed by atoms with Gasteiger partial charge >= 0.3 is 12.1 Å². The second kappa shape index (κ2) is 7.16. The number of benzene rings is 1. The fourth-order valence-electron chi connectivity index (χ4n) is 1.67. The van der Waals surface area contributed by atoms with Crippen LogP contribution in [0.25, 0.3) is 11.3 Å². The molecule has 1 aromatic carbocycles. The zero-order chi connectivity index (χ0) is 17.7. The lowest BCUT2D eigenvalue weighted by Crippen LogP contribution is -2.36. The van der Waals surface area contributed by atoms with E-state index in [9.17, 15) is 27.2 Å². The number of hydrogen-bond acceptors (Lipinski definition) is 4. The number of esters is 1. The molecule has 0 spiro atoms. The highest BCUT2D eigenvalue weighted by molar-refractivity contribution is 5.89. The predicted molar refractivity (Wildman–Crippen MR) is 73.4 cm³/mol. The monoisotopic (exact) mass is 345 g/mol. The average molecular weight is 345 g/mol. The standard InChI is InChI=1S/C15H11F4NO4/c16-10-3-1-9(2-4-10)11-5-6-12(24-11)14(22)23-7-13(21)20-8-15(17,18)19/h1-6H,7-8H2,(H,20,21). The summed E-state index contributed by atoms with van der Waals surface area (Å²) in [5.74, 6) is -2.51. The molecule has 2 aromatic rings. The summed E-state index contributed by atoms with van der Waals surface area (Å²) in [6.45, 7) is -2.39. The molecule has 0 bridgehead atoms. The minimum atomic E-state index is -4.55. The van der Waals surface area contributed by atoms with Crippen molar-refractivity contribution in [2.75, 3.05) is 13.2 Å². The van der Waals surface area contributed by atoms with Gasteiger partial charge in [-0.3, -0.25) is 4.79 Å². The van der Waals surface area contributed by atoms with Crippen LogP contribution in [0.4, 0.5) is 17.6 Å². The van der Waals surface area contributed by atoms with Crippen LogP contribution in [0.2, 0.25) is 0 Å². The van der Waals surface area contributed by atoms with Crippen LogP contribution in [0.15, 0.2) is 40.8 Å².